The summed E-state index contributed by atoms with van der Waals surface area (Å²) in [6, 6.07) is 12.2. The van der Waals surface area contributed by atoms with Crippen LogP contribution in [0.25, 0.3) is 22.1 Å². The molecule has 0 radical (unpaired) electrons. The smallest absolute Gasteiger partial charge is 0.224 e. The molecule has 1 aliphatic carbocycles. The summed E-state index contributed by atoms with van der Waals surface area (Å²) in [6.45, 7) is 4.80. The molecule has 6 nitrogen and oxygen atoms in total. The molecule has 0 saturated heterocycles. The molecule has 1 aliphatic rings. The topological polar surface area (TPSA) is 75.6 Å². The number of rotatable bonds is 5. The van der Waals surface area contributed by atoms with Crippen molar-refractivity contribution in [3.05, 3.63) is 59.9 Å². The second-order valence-corrected chi connectivity index (χ2v) is 7.67. The number of amides is 1. The average Bonchev–Trinajstić information content (AvgIpc) is 3.25. The number of aromatic amines is 1. The van der Waals surface area contributed by atoms with Crippen LogP contribution >= 0.6 is 0 Å². The summed E-state index contributed by atoms with van der Waals surface area (Å²) in [5.74, 6) is 1.35. The van der Waals surface area contributed by atoms with Crippen LogP contribution in [0.5, 0.6) is 0 Å². The molecule has 0 spiro atoms. The van der Waals surface area contributed by atoms with Crippen LogP contribution in [0.1, 0.15) is 43.9 Å². The van der Waals surface area contributed by atoms with E-state index in [1.165, 1.54) is 12.1 Å². The fourth-order valence-corrected chi connectivity index (χ4v) is 4.08. The molecule has 2 heterocycles. The van der Waals surface area contributed by atoms with E-state index in [9.17, 15) is 9.18 Å². The highest BCUT2D eigenvalue weighted by molar-refractivity contribution is 5.84. The Labute approximate surface area is 167 Å². The molecule has 1 fully saturated rings. The predicted octanol–water partition coefficient (Wildman–Crippen LogP) is 4.05. The third kappa shape index (κ3) is 3.06. The van der Waals surface area contributed by atoms with Gasteiger partial charge < -0.3 is 14.9 Å². The fraction of sp³-hybridized carbons (Fsp3) is 0.318. The van der Waals surface area contributed by atoms with Crippen molar-refractivity contribution >= 4 is 28.0 Å². The maximum atomic E-state index is 13.4. The Morgan fingerprint density at radius 1 is 1.28 bits per heavy atom. The number of aromatic nitrogens is 4. The summed E-state index contributed by atoms with van der Waals surface area (Å²) in [4.78, 5) is 25.2. The fourth-order valence-electron chi connectivity index (χ4n) is 4.08. The molecule has 3 atom stereocenters. The van der Waals surface area contributed by atoms with E-state index in [4.69, 9.17) is 4.98 Å². The Bertz CT molecular complexity index is 1230. The zero-order chi connectivity index (χ0) is 20.1. The molecule has 29 heavy (non-hydrogen) atoms. The molecule has 1 amide bonds. The van der Waals surface area contributed by atoms with Gasteiger partial charge in [0.1, 0.15) is 17.5 Å². The number of carbonyl (C=O) groups excluding carboxylic acids is 1. The number of halogens is 1. The summed E-state index contributed by atoms with van der Waals surface area (Å²) in [7, 11) is 0. The van der Waals surface area contributed by atoms with Gasteiger partial charge in [0.05, 0.1) is 28.1 Å². The van der Waals surface area contributed by atoms with Crippen molar-refractivity contribution in [2.24, 2.45) is 5.92 Å². The maximum absolute atomic E-state index is 13.4. The van der Waals surface area contributed by atoms with Crippen LogP contribution in [0.15, 0.2) is 42.5 Å². The SMILES string of the molecule is CCn1c([C@H]2CC2C(=O)NC(C)c2nc3ccc(F)cc3[nH]2)nc2ccccc21. The molecule has 0 bridgehead atoms. The highest BCUT2D eigenvalue weighted by atomic mass is 19.1. The first-order valence-corrected chi connectivity index (χ1v) is 9.96. The van der Waals surface area contributed by atoms with E-state index < -0.39 is 0 Å². The van der Waals surface area contributed by atoms with E-state index in [1.807, 2.05) is 25.1 Å². The molecule has 148 valence electrons. The van der Waals surface area contributed by atoms with Crippen LogP contribution in [0.4, 0.5) is 4.39 Å². The number of hydrogen-bond donors (Lipinski definition) is 2. The zero-order valence-electron chi connectivity index (χ0n) is 16.3. The number of imidazole rings is 2. The van der Waals surface area contributed by atoms with Crippen LogP contribution in [0.2, 0.25) is 0 Å². The third-order valence-electron chi connectivity index (χ3n) is 5.69. The summed E-state index contributed by atoms with van der Waals surface area (Å²) < 4.78 is 15.6. The van der Waals surface area contributed by atoms with Crippen LogP contribution in [0.3, 0.4) is 0 Å². The number of nitrogens with one attached hydrogen (secondary N) is 2. The lowest BCUT2D eigenvalue weighted by atomic mass is 10.2. The Kier molecular flexibility index (Phi) is 4.12. The molecule has 2 aromatic heterocycles. The molecular formula is C22H22FN5O. The monoisotopic (exact) mass is 391 g/mol. The maximum Gasteiger partial charge on any atom is 0.224 e. The summed E-state index contributed by atoms with van der Waals surface area (Å²) in [5.41, 5.74) is 3.39. The van der Waals surface area contributed by atoms with Crippen molar-refractivity contribution in [2.45, 2.75) is 38.8 Å². The first-order chi connectivity index (χ1) is 14.0. The molecule has 2 aromatic carbocycles. The van der Waals surface area contributed by atoms with Crippen LogP contribution < -0.4 is 5.32 Å². The minimum atomic E-state index is -0.316. The van der Waals surface area contributed by atoms with Crippen LogP contribution in [-0.4, -0.2) is 25.4 Å². The number of benzene rings is 2. The first-order valence-electron chi connectivity index (χ1n) is 9.96. The number of fused-ring (bicyclic) bond motifs is 2. The molecular weight excluding hydrogens is 369 g/mol. The lowest BCUT2D eigenvalue weighted by molar-refractivity contribution is -0.123. The van der Waals surface area contributed by atoms with E-state index in [1.54, 1.807) is 6.07 Å². The number of carbonyl (C=O) groups is 1. The van der Waals surface area contributed by atoms with Crippen LogP contribution in [-0.2, 0) is 11.3 Å². The average molecular weight is 391 g/mol. The van der Waals surface area contributed by atoms with Gasteiger partial charge in [0.25, 0.3) is 0 Å². The number of aryl methyl sites for hydroxylation is 1. The Hall–Kier alpha value is -3.22. The number of H-pyrrole nitrogens is 1. The lowest BCUT2D eigenvalue weighted by Crippen LogP contribution is -2.29. The molecule has 7 heteroatoms. The summed E-state index contributed by atoms with van der Waals surface area (Å²) in [6.07, 6.45) is 0.799. The first kappa shape index (κ1) is 17.8. The molecule has 0 aliphatic heterocycles. The second kappa shape index (κ2) is 6.69. The van der Waals surface area contributed by atoms with E-state index in [-0.39, 0.29) is 29.6 Å². The molecule has 2 N–H and O–H groups in total. The molecule has 4 aromatic rings. The predicted molar refractivity (Wildman–Crippen MR) is 109 cm³/mol. The van der Waals surface area contributed by atoms with Gasteiger partial charge in [-0.2, -0.15) is 0 Å². The largest absolute Gasteiger partial charge is 0.346 e. The van der Waals surface area contributed by atoms with Gasteiger partial charge in [-0.15, -0.1) is 0 Å². The molecule has 2 unspecified atom stereocenters. The van der Waals surface area contributed by atoms with Gasteiger partial charge in [-0.1, -0.05) is 12.1 Å². The number of hydrogen-bond acceptors (Lipinski definition) is 3. The van der Waals surface area contributed by atoms with E-state index >= 15 is 0 Å². The van der Waals surface area contributed by atoms with Crippen molar-refractivity contribution in [3.8, 4) is 0 Å². The van der Waals surface area contributed by atoms with Crippen LogP contribution in [0, 0.1) is 11.7 Å². The van der Waals surface area contributed by atoms with Gasteiger partial charge in [-0.05, 0) is 50.6 Å². The quantitative estimate of drug-likeness (QED) is 0.539. The van der Waals surface area contributed by atoms with Gasteiger partial charge in [-0.3, -0.25) is 4.79 Å². The Morgan fingerprint density at radius 3 is 2.93 bits per heavy atom. The summed E-state index contributed by atoms with van der Waals surface area (Å²) >= 11 is 0. The van der Waals surface area contributed by atoms with Crippen molar-refractivity contribution in [1.29, 1.82) is 0 Å². The standard InChI is InChI=1S/C22H22FN5O/c1-3-28-19-7-5-4-6-17(19)27-21(28)14-11-15(14)22(29)24-12(2)20-25-16-9-8-13(23)10-18(16)26-20/h4-10,12,14-15H,3,11H2,1-2H3,(H,24,29)(H,25,26)/t12?,14-,15?/m0/s1. The highest BCUT2D eigenvalue weighted by Crippen LogP contribution is 2.48. The van der Waals surface area contributed by atoms with Gasteiger partial charge in [0.2, 0.25) is 5.91 Å². The molecule has 5 rings (SSSR count). The Balaban J connectivity index is 1.32. The third-order valence-corrected chi connectivity index (χ3v) is 5.69. The van der Waals surface area contributed by atoms with Gasteiger partial charge in [-0.25, -0.2) is 14.4 Å². The molecule has 1 saturated carbocycles. The van der Waals surface area contributed by atoms with Gasteiger partial charge >= 0.3 is 0 Å². The lowest BCUT2D eigenvalue weighted by Gasteiger charge is -2.11. The van der Waals surface area contributed by atoms with Gasteiger partial charge in [0, 0.05) is 18.4 Å². The van der Waals surface area contributed by atoms with Crippen molar-refractivity contribution in [1.82, 2.24) is 24.8 Å². The zero-order valence-corrected chi connectivity index (χ0v) is 16.3. The van der Waals surface area contributed by atoms with Crippen molar-refractivity contribution < 1.29 is 9.18 Å². The Morgan fingerprint density at radius 2 is 2.10 bits per heavy atom. The minimum absolute atomic E-state index is 0.00356. The van der Waals surface area contributed by atoms with Crippen molar-refractivity contribution in [3.63, 3.8) is 0 Å². The summed E-state index contributed by atoms with van der Waals surface area (Å²) in [5, 5.41) is 3.04. The van der Waals surface area contributed by atoms with E-state index in [2.05, 4.69) is 32.8 Å². The highest BCUT2D eigenvalue weighted by Gasteiger charge is 2.47. The number of para-hydroxylation sites is 2. The second-order valence-electron chi connectivity index (χ2n) is 7.67. The van der Waals surface area contributed by atoms with E-state index in [0.717, 1.165) is 29.8 Å². The van der Waals surface area contributed by atoms with E-state index in [0.29, 0.717) is 16.9 Å². The number of nitrogens with zero attached hydrogens (tertiary/aromatic N) is 3. The van der Waals surface area contributed by atoms with Gasteiger partial charge in [0.15, 0.2) is 0 Å². The van der Waals surface area contributed by atoms with Crippen molar-refractivity contribution in [2.75, 3.05) is 0 Å². The minimum Gasteiger partial charge on any atom is -0.346 e. The normalized spacial score (nSPS) is 19.6.